The zero-order valence-corrected chi connectivity index (χ0v) is 8.22. The van der Waals surface area contributed by atoms with E-state index in [1.807, 2.05) is 12.3 Å². The molecule has 0 aromatic rings. The van der Waals surface area contributed by atoms with E-state index in [-0.39, 0.29) is 5.38 Å². The molecule has 1 atom stereocenters. The molecule has 0 spiro atoms. The maximum absolute atomic E-state index is 6.17. The lowest BCUT2D eigenvalue weighted by Gasteiger charge is -2.20. The Bertz CT molecular complexity index is 279. The Morgan fingerprint density at radius 3 is 3.15 bits per heavy atom. The Balaban J connectivity index is 2.18. The molecule has 0 amide bonds. The molecule has 0 aromatic carbocycles. The second-order valence-electron chi connectivity index (χ2n) is 3.29. The van der Waals surface area contributed by atoms with Gasteiger partial charge in [0, 0.05) is 12.7 Å². The average Bonchev–Trinajstić information content (AvgIpc) is 2.20. The summed E-state index contributed by atoms with van der Waals surface area (Å²) in [5, 5.41) is 3.35. The number of hydrogen-bond acceptors (Lipinski definition) is 2. The number of aliphatic imine (C=N–C) groups is 1. The standard InChI is InChI=1S/C10H13ClN2/c11-9-2-1-5-13-10(9)8-3-6-12-7-4-8/h1,3,5,9,12H,2,4,6-7H2. The van der Waals surface area contributed by atoms with E-state index < -0.39 is 0 Å². The Hall–Kier alpha value is -0.600. The van der Waals surface area contributed by atoms with Gasteiger partial charge in [-0.25, -0.2) is 0 Å². The summed E-state index contributed by atoms with van der Waals surface area (Å²) in [6, 6.07) is 0. The van der Waals surface area contributed by atoms with Crippen molar-refractivity contribution in [1.29, 1.82) is 0 Å². The number of rotatable bonds is 1. The highest BCUT2D eigenvalue weighted by Gasteiger charge is 2.18. The van der Waals surface area contributed by atoms with Crippen LogP contribution in [0.5, 0.6) is 0 Å². The summed E-state index contributed by atoms with van der Waals surface area (Å²) < 4.78 is 0. The number of nitrogens with one attached hydrogen (secondary N) is 1. The maximum Gasteiger partial charge on any atom is 0.0795 e. The first kappa shape index (κ1) is 8.97. The minimum Gasteiger partial charge on any atom is -0.313 e. The van der Waals surface area contributed by atoms with Gasteiger partial charge in [0.1, 0.15) is 0 Å². The van der Waals surface area contributed by atoms with E-state index in [4.69, 9.17) is 11.6 Å². The molecule has 0 radical (unpaired) electrons. The van der Waals surface area contributed by atoms with Crippen LogP contribution >= 0.6 is 11.6 Å². The van der Waals surface area contributed by atoms with Crippen LogP contribution in [0.25, 0.3) is 0 Å². The van der Waals surface area contributed by atoms with Gasteiger partial charge in [-0.05, 0) is 25.0 Å². The molecule has 0 saturated carbocycles. The Kier molecular flexibility index (Phi) is 2.81. The molecular formula is C10H13ClN2. The van der Waals surface area contributed by atoms with Gasteiger partial charge in [-0.2, -0.15) is 0 Å². The molecule has 0 bridgehead atoms. The number of nitrogens with zero attached hydrogens (tertiary/aromatic N) is 1. The molecule has 2 heterocycles. The van der Waals surface area contributed by atoms with E-state index in [2.05, 4.69) is 16.4 Å². The number of hydrogen-bond donors (Lipinski definition) is 1. The lowest BCUT2D eigenvalue weighted by molar-refractivity contribution is 0.715. The van der Waals surface area contributed by atoms with Crippen LogP contribution in [0, 0.1) is 0 Å². The largest absolute Gasteiger partial charge is 0.313 e. The van der Waals surface area contributed by atoms with Crippen LogP contribution < -0.4 is 5.32 Å². The van der Waals surface area contributed by atoms with E-state index in [0.717, 1.165) is 31.6 Å². The molecule has 0 saturated heterocycles. The van der Waals surface area contributed by atoms with Crippen molar-refractivity contribution in [1.82, 2.24) is 5.32 Å². The van der Waals surface area contributed by atoms with Gasteiger partial charge >= 0.3 is 0 Å². The lowest BCUT2D eigenvalue weighted by atomic mass is 9.99. The molecule has 0 aromatic heterocycles. The van der Waals surface area contributed by atoms with Crippen LogP contribution in [0.1, 0.15) is 12.8 Å². The van der Waals surface area contributed by atoms with E-state index in [9.17, 15) is 0 Å². The number of halogens is 1. The Labute approximate surface area is 83.4 Å². The zero-order chi connectivity index (χ0) is 9.10. The van der Waals surface area contributed by atoms with Gasteiger partial charge in [0.25, 0.3) is 0 Å². The summed E-state index contributed by atoms with van der Waals surface area (Å²) in [6.07, 6.45) is 8.03. The van der Waals surface area contributed by atoms with Crippen LogP contribution in [-0.2, 0) is 0 Å². The third-order valence-corrected chi connectivity index (χ3v) is 2.74. The molecule has 2 aliphatic rings. The van der Waals surface area contributed by atoms with Crippen molar-refractivity contribution in [3.8, 4) is 0 Å². The van der Waals surface area contributed by atoms with Crippen molar-refractivity contribution in [3.63, 3.8) is 0 Å². The SMILES string of the molecule is ClC1CC=CN=C1C1=CCNCC1. The summed E-state index contributed by atoms with van der Waals surface area (Å²) in [5.74, 6) is 0. The number of allylic oxidation sites excluding steroid dienone is 1. The van der Waals surface area contributed by atoms with Gasteiger partial charge in [-0.15, -0.1) is 11.6 Å². The lowest BCUT2D eigenvalue weighted by Crippen LogP contribution is -2.27. The van der Waals surface area contributed by atoms with E-state index >= 15 is 0 Å². The fraction of sp³-hybridized carbons (Fsp3) is 0.500. The Morgan fingerprint density at radius 2 is 2.46 bits per heavy atom. The van der Waals surface area contributed by atoms with Crippen molar-refractivity contribution < 1.29 is 0 Å². The third kappa shape index (κ3) is 2.01. The van der Waals surface area contributed by atoms with Crippen molar-refractivity contribution >= 4 is 17.3 Å². The number of alkyl halides is 1. The predicted octanol–water partition coefficient (Wildman–Crippen LogP) is 1.87. The highest BCUT2D eigenvalue weighted by Crippen LogP contribution is 2.19. The van der Waals surface area contributed by atoms with Crippen molar-refractivity contribution in [2.45, 2.75) is 18.2 Å². The quantitative estimate of drug-likeness (QED) is 0.637. The molecule has 0 aliphatic carbocycles. The summed E-state index contributed by atoms with van der Waals surface area (Å²) in [7, 11) is 0. The summed E-state index contributed by atoms with van der Waals surface area (Å²) in [4.78, 5) is 4.34. The summed E-state index contributed by atoms with van der Waals surface area (Å²) in [6.45, 7) is 1.99. The van der Waals surface area contributed by atoms with Crippen molar-refractivity contribution in [2.24, 2.45) is 4.99 Å². The zero-order valence-electron chi connectivity index (χ0n) is 7.46. The average molecular weight is 197 g/mol. The molecule has 2 nitrogen and oxygen atoms in total. The minimum atomic E-state index is 0.0781. The highest BCUT2D eigenvalue weighted by atomic mass is 35.5. The Morgan fingerprint density at radius 1 is 1.54 bits per heavy atom. The smallest absolute Gasteiger partial charge is 0.0795 e. The first-order valence-corrected chi connectivity index (χ1v) is 5.08. The van der Waals surface area contributed by atoms with Gasteiger partial charge in [0.15, 0.2) is 0 Å². The molecular weight excluding hydrogens is 184 g/mol. The van der Waals surface area contributed by atoms with Crippen LogP contribution in [0.15, 0.2) is 28.9 Å². The predicted molar refractivity (Wildman–Crippen MR) is 56.4 cm³/mol. The molecule has 2 rings (SSSR count). The van der Waals surface area contributed by atoms with Crippen LogP contribution in [0.2, 0.25) is 0 Å². The fourth-order valence-electron chi connectivity index (χ4n) is 1.65. The van der Waals surface area contributed by atoms with E-state index in [0.29, 0.717) is 0 Å². The van der Waals surface area contributed by atoms with E-state index in [1.54, 1.807) is 0 Å². The van der Waals surface area contributed by atoms with Crippen molar-refractivity contribution in [2.75, 3.05) is 13.1 Å². The monoisotopic (exact) mass is 196 g/mol. The molecule has 3 heteroatoms. The molecule has 2 aliphatic heterocycles. The maximum atomic E-state index is 6.17. The van der Waals surface area contributed by atoms with Gasteiger partial charge in [-0.3, -0.25) is 4.99 Å². The first-order chi connectivity index (χ1) is 6.38. The van der Waals surface area contributed by atoms with Gasteiger partial charge in [0.05, 0.1) is 11.1 Å². The molecule has 1 unspecified atom stereocenters. The summed E-state index contributed by atoms with van der Waals surface area (Å²) in [5.41, 5.74) is 2.40. The molecule has 0 fully saturated rings. The van der Waals surface area contributed by atoms with Crippen LogP contribution in [0.4, 0.5) is 0 Å². The first-order valence-electron chi connectivity index (χ1n) is 4.65. The topological polar surface area (TPSA) is 24.4 Å². The summed E-state index contributed by atoms with van der Waals surface area (Å²) >= 11 is 6.17. The molecule has 1 N–H and O–H groups in total. The van der Waals surface area contributed by atoms with Gasteiger partial charge in [-0.1, -0.05) is 12.2 Å². The second kappa shape index (κ2) is 4.07. The molecule has 70 valence electrons. The minimum absolute atomic E-state index is 0.0781. The van der Waals surface area contributed by atoms with Gasteiger partial charge < -0.3 is 5.32 Å². The third-order valence-electron chi connectivity index (χ3n) is 2.35. The van der Waals surface area contributed by atoms with Gasteiger partial charge in [0.2, 0.25) is 0 Å². The molecule has 13 heavy (non-hydrogen) atoms. The van der Waals surface area contributed by atoms with Crippen LogP contribution in [-0.4, -0.2) is 24.2 Å². The van der Waals surface area contributed by atoms with Crippen LogP contribution in [0.3, 0.4) is 0 Å². The van der Waals surface area contributed by atoms with E-state index in [1.165, 1.54) is 5.57 Å². The normalized spacial score (nSPS) is 28.2. The highest BCUT2D eigenvalue weighted by molar-refractivity contribution is 6.35. The fourth-order valence-corrected chi connectivity index (χ4v) is 1.94. The van der Waals surface area contributed by atoms with Crippen molar-refractivity contribution in [3.05, 3.63) is 23.9 Å². The second-order valence-corrected chi connectivity index (χ2v) is 3.81.